The van der Waals surface area contributed by atoms with Gasteiger partial charge in [0.05, 0.1) is 10.5 Å². The van der Waals surface area contributed by atoms with E-state index in [0.29, 0.717) is 29.1 Å². The number of sulfonamides is 1. The van der Waals surface area contributed by atoms with Crippen LogP contribution in [0.15, 0.2) is 82.4 Å². The standard InChI is InChI=1S/C25H24N4O4S/c1-25(2,3)22(30)15-17-6-10-20(11-7-17)29-34(31,32)21-12-8-18(9-13-21)23-27-28-24(33-23)19-5-4-14-26-16-19/h4-14,16,29H,15H2,1-3H3. The van der Waals surface area contributed by atoms with E-state index in [1.165, 1.54) is 12.1 Å². The third-order valence-corrected chi connectivity index (χ3v) is 6.55. The molecule has 0 atom stereocenters. The van der Waals surface area contributed by atoms with Gasteiger partial charge in [0.25, 0.3) is 10.0 Å². The Morgan fingerprint density at radius 3 is 2.15 bits per heavy atom. The maximum Gasteiger partial charge on any atom is 0.261 e. The number of carbonyl (C=O) groups excluding carboxylic acids is 1. The van der Waals surface area contributed by atoms with E-state index in [-0.39, 0.29) is 16.6 Å². The predicted molar refractivity (Wildman–Crippen MR) is 128 cm³/mol. The lowest BCUT2D eigenvalue weighted by Crippen LogP contribution is -2.22. The molecule has 0 unspecified atom stereocenters. The number of hydrogen-bond acceptors (Lipinski definition) is 7. The van der Waals surface area contributed by atoms with Gasteiger partial charge in [-0.15, -0.1) is 10.2 Å². The Labute approximate surface area is 198 Å². The molecule has 0 aliphatic rings. The summed E-state index contributed by atoms with van der Waals surface area (Å²) >= 11 is 0. The van der Waals surface area contributed by atoms with Crippen LogP contribution in [0.4, 0.5) is 5.69 Å². The fourth-order valence-electron chi connectivity index (χ4n) is 3.08. The van der Waals surface area contributed by atoms with Crippen molar-refractivity contribution in [3.63, 3.8) is 0 Å². The van der Waals surface area contributed by atoms with Gasteiger partial charge in [0, 0.05) is 35.5 Å². The Morgan fingerprint density at radius 1 is 0.912 bits per heavy atom. The lowest BCUT2D eigenvalue weighted by Gasteiger charge is -2.16. The van der Waals surface area contributed by atoms with Crippen molar-refractivity contribution < 1.29 is 17.6 Å². The van der Waals surface area contributed by atoms with E-state index in [2.05, 4.69) is 19.9 Å². The fraction of sp³-hybridized carbons (Fsp3) is 0.200. The highest BCUT2D eigenvalue weighted by Crippen LogP contribution is 2.25. The average Bonchev–Trinajstić information content (AvgIpc) is 3.31. The van der Waals surface area contributed by atoms with E-state index in [4.69, 9.17) is 4.42 Å². The first kappa shape index (κ1) is 23.3. The number of nitrogens with zero attached hydrogens (tertiary/aromatic N) is 3. The van der Waals surface area contributed by atoms with E-state index in [0.717, 1.165) is 5.56 Å². The molecule has 2 heterocycles. The van der Waals surface area contributed by atoms with Crippen LogP contribution in [0.25, 0.3) is 22.9 Å². The molecule has 1 N–H and O–H groups in total. The summed E-state index contributed by atoms with van der Waals surface area (Å²) in [5.41, 5.74) is 2.10. The molecule has 4 rings (SSSR count). The molecule has 174 valence electrons. The Bertz CT molecular complexity index is 1390. The van der Waals surface area contributed by atoms with Crippen molar-refractivity contribution >= 4 is 21.5 Å². The molecule has 0 aliphatic heterocycles. The van der Waals surface area contributed by atoms with Crippen LogP contribution >= 0.6 is 0 Å². The Balaban J connectivity index is 1.45. The van der Waals surface area contributed by atoms with Crippen molar-refractivity contribution in [3.8, 4) is 22.9 Å². The topological polar surface area (TPSA) is 115 Å². The number of hydrogen-bond donors (Lipinski definition) is 1. The number of aromatic nitrogens is 3. The molecule has 0 saturated heterocycles. The smallest absolute Gasteiger partial charge is 0.261 e. The summed E-state index contributed by atoms with van der Waals surface area (Å²) in [6, 6.07) is 16.5. The molecule has 9 heteroatoms. The third-order valence-electron chi connectivity index (χ3n) is 5.15. The second-order valence-electron chi connectivity index (χ2n) is 8.83. The molecule has 0 fully saturated rings. The highest BCUT2D eigenvalue weighted by atomic mass is 32.2. The summed E-state index contributed by atoms with van der Waals surface area (Å²) in [6.45, 7) is 5.63. The van der Waals surface area contributed by atoms with Crippen molar-refractivity contribution in [2.45, 2.75) is 32.1 Å². The zero-order chi connectivity index (χ0) is 24.3. The van der Waals surface area contributed by atoms with Crippen LogP contribution in [0.3, 0.4) is 0 Å². The largest absolute Gasteiger partial charge is 0.416 e. The van der Waals surface area contributed by atoms with Crippen molar-refractivity contribution in [2.75, 3.05) is 4.72 Å². The highest BCUT2D eigenvalue weighted by Gasteiger charge is 2.21. The van der Waals surface area contributed by atoms with Gasteiger partial charge in [0.1, 0.15) is 5.78 Å². The number of ketones is 1. The molecule has 0 spiro atoms. The number of pyridine rings is 1. The third kappa shape index (κ3) is 5.37. The molecule has 4 aromatic rings. The molecule has 0 saturated carbocycles. The van der Waals surface area contributed by atoms with E-state index in [9.17, 15) is 13.2 Å². The number of rotatable bonds is 7. The molecule has 0 radical (unpaired) electrons. The van der Waals surface area contributed by atoms with Gasteiger partial charge < -0.3 is 4.42 Å². The van der Waals surface area contributed by atoms with Crippen LogP contribution in [-0.2, 0) is 21.2 Å². The lowest BCUT2D eigenvalue weighted by molar-refractivity contribution is -0.125. The molecule has 0 aliphatic carbocycles. The summed E-state index contributed by atoms with van der Waals surface area (Å²) < 4.78 is 33.9. The van der Waals surface area contributed by atoms with Crippen molar-refractivity contribution in [2.24, 2.45) is 5.41 Å². The van der Waals surface area contributed by atoms with Crippen LogP contribution in [0, 0.1) is 5.41 Å². The van der Waals surface area contributed by atoms with Gasteiger partial charge in [-0.2, -0.15) is 0 Å². The van der Waals surface area contributed by atoms with E-state index in [1.54, 1.807) is 60.9 Å². The predicted octanol–water partition coefficient (Wildman–Crippen LogP) is 4.76. The molecular formula is C25H24N4O4S. The highest BCUT2D eigenvalue weighted by molar-refractivity contribution is 7.92. The summed E-state index contributed by atoms with van der Waals surface area (Å²) in [4.78, 5) is 16.3. The van der Waals surface area contributed by atoms with Gasteiger partial charge >= 0.3 is 0 Å². The molecule has 2 aromatic heterocycles. The number of benzene rings is 2. The van der Waals surface area contributed by atoms with Gasteiger partial charge in [-0.05, 0) is 54.1 Å². The average molecular weight is 477 g/mol. The maximum absolute atomic E-state index is 12.8. The number of nitrogens with one attached hydrogen (secondary N) is 1. The summed E-state index contributed by atoms with van der Waals surface area (Å²) in [6.07, 6.45) is 3.57. The quantitative estimate of drug-likeness (QED) is 0.409. The van der Waals surface area contributed by atoms with Crippen molar-refractivity contribution in [3.05, 3.63) is 78.6 Å². The van der Waals surface area contributed by atoms with Crippen molar-refractivity contribution in [1.29, 1.82) is 0 Å². The molecule has 2 aromatic carbocycles. The van der Waals surface area contributed by atoms with E-state index in [1.807, 2.05) is 20.8 Å². The zero-order valence-corrected chi connectivity index (χ0v) is 19.8. The molecule has 0 amide bonds. The minimum absolute atomic E-state index is 0.0928. The number of anilines is 1. The van der Waals surface area contributed by atoms with Crippen LogP contribution in [0.2, 0.25) is 0 Å². The number of Topliss-reactive ketones (excluding diaryl/α,β-unsaturated/α-hetero) is 1. The first-order valence-corrected chi connectivity index (χ1v) is 12.1. The monoisotopic (exact) mass is 476 g/mol. The number of carbonyl (C=O) groups is 1. The summed E-state index contributed by atoms with van der Waals surface area (Å²) in [5, 5.41) is 8.05. The SMILES string of the molecule is CC(C)(C)C(=O)Cc1ccc(NS(=O)(=O)c2ccc(-c3nnc(-c4cccnc4)o3)cc2)cc1. The summed E-state index contributed by atoms with van der Waals surface area (Å²) in [7, 11) is -3.80. The Hall–Kier alpha value is -3.85. The van der Waals surface area contributed by atoms with E-state index >= 15 is 0 Å². The van der Waals surface area contributed by atoms with Crippen LogP contribution in [0.5, 0.6) is 0 Å². The normalized spacial score (nSPS) is 11.9. The lowest BCUT2D eigenvalue weighted by atomic mass is 9.87. The molecular weight excluding hydrogens is 452 g/mol. The molecule has 0 bridgehead atoms. The van der Waals surface area contributed by atoms with Crippen molar-refractivity contribution in [1.82, 2.24) is 15.2 Å². The first-order valence-electron chi connectivity index (χ1n) is 10.6. The first-order chi connectivity index (χ1) is 16.1. The van der Waals surface area contributed by atoms with Gasteiger partial charge in [0.15, 0.2) is 0 Å². The Kier molecular flexibility index (Phi) is 6.30. The minimum atomic E-state index is -3.80. The Morgan fingerprint density at radius 2 is 1.56 bits per heavy atom. The van der Waals surface area contributed by atoms with Gasteiger partial charge in [-0.25, -0.2) is 8.42 Å². The molecule has 34 heavy (non-hydrogen) atoms. The second-order valence-corrected chi connectivity index (χ2v) is 10.5. The van der Waals surface area contributed by atoms with Crippen LogP contribution < -0.4 is 4.72 Å². The van der Waals surface area contributed by atoms with Gasteiger partial charge in [-0.1, -0.05) is 32.9 Å². The second kappa shape index (κ2) is 9.18. The van der Waals surface area contributed by atoms with E-state index < -0.39 is 15.4 Å². The summed E-state index contributed by atoms with van der Waals surface area (Å²) in [5.74, 6) is 0.722. The van der Waals surface area contributed by atoms with Crippen LogP contribution in [0.1, 0.15) is 26.3 Å². The van der Waals surface area contributed by atoms with Crippen LogP contribution in [-0.4, -0.2) is 29.4 Å². The minimum Gasteiger partial charge on any atom is -0.416 e. The fourth-order valence-corrected chi connectivity index (χ4v) is 4.14. The zero-order valence-electron chi connectivity index (χ0n) is 19.0. The van der Waals surface area contributed by atoms with Gasteiger partial charge in [0.2, 0.25) is 11.8 Å². The van der Waals surface area contributed by atoms with Gasteiger partial charge in [-0.3, -0.25) is 14.5 Å². The maximum atomic E-state index is 12.8. The molecule has 8 nitrogen and oxygen atoms in total.